The van der Waals surface area contributed by atoms with Gasteiger partial charge >= 0.3 is 0 Å². The zero-order valence-electron chi connectivity index (χ0n) is 13.9. The minimum absolute atomic E-state index is 0.0788. The molecule has 4 atom stereocenters. The number of para-hydroxylation sites is 1. The van der Waals surface area contributed by atoms with Gasteiger partial charge in [0.15, 0.2) is 5.72 Å². The van der Waals surface area contributed by atoms with Crippen molar-refractivity contribution in [3.05, 3.63) is 29.8 Å². The Morgan fingerprint density at radius 1 is 1.39 bits per heavy atom. The van der Waals surface area contributed by atoms with Gasteiger partial charge in [0.05, 0.1) is 18.6 Å². The normalized spacial score (nSPS) is 36.3. The van der Waals surface area contributed by atoms with E-state index in [1.54, 1.807) is 12.1 Å². The molecule has 1 heterocycles. The summed E-state index contributed by atoms with van der Waals surface area (Å²) >= 11 is 5.67. The van der Waals surface area contributed by atoms with Gasteiger partial charge in [-0.15, -0.1) is 0 Å². The fourth-order valence-corrected chi connectivity index (χ4v) is 5.22. The van der Waals surface area contributed by atoms with Crippen LogP contribution in [0.3, 0.4) is 0 Å². The molecule has 4 rings (SSSR count). The number of nitrogens with zero attached hydrogens (tertiary/aromatic N) is 2. The van der Waals surface area contributed by atoms with Gasteiger partial charge in [0, 0.05) is 12.1 Å². The van der Waals surface area contributed by atoms with Crippen LogP contribution in [0.1, 0.15) is 32.8 Å². The van der Waals surface area contributed by atoms with E-state index in [0.29, 0.717) is 28.0 Å². The van der Waals surface area contributed by atoms with E-state index in [2.05, 4.69) is 18.9 Å². The maximum atomic E-state index is 11.4. The number of hydrogen-bond acceptors (Lipinski definition) is 4. The maximum Gasteiger partial charge on any atom is 0.168 e. The molecule has 0 spiro atoms. The standard InChI is InChI=1S/C18H22N2O2S/c1-10-14-15-12(17(15,2)3)9-18(14,21)20(19-10)16(23)11-7-5-6-8-13(11)22-4/h5-8,12,14-15,21H,9H2,1-4H3/t12-,14-,15+,18+/m1/s1. The van der Waals surface area contributed by atoms with Crippen molar-refractivity contribution >= 4 is 22.9 Å². The van der Waals surface area contributed by atoms with E-state index in [-0.39, 0.29) is 5.92 Å². The molecule has 2 saturated carbocycles. The van der Waals surface area contributed by atoms with Crippen LogP contribution in [0.5, 0.6) is 5.75 Å². The van der Waals surface area contributed by atoms with Crippen molar-refractivity contribution in [2.75, 3.05) is 7.11 Å². The molecular weight excluding hydrogens is 308 g/mol. The van der Waals surface area contributed by atoms with Crippen LogP contribution in [0, 0.1) is 23.2 Å². The molecule has 4 nitrogen and oxygen atoms in total. The second-order valence-corrected chi connectivity index (χ2v) is 7.96. The summed E-state index contributed by atoms with van der Waals surface area (Å²) in [6, 6.07) is 7.63. The van der Waals surface area contributed by atoms with Crippen molar-refractivity contribution in [2.24, 2.45) is 28.3 Å². The zero-order chi connectivity index (χ0) is 16.6. The second-order valence-electron chi connectivity index (χ2n) is 7.57. The molecule has 0 radical (unpaired) electrons. The Morgan fingerprint density at radius 3 is 2.78 bits per heavy atom. The third-order valence-electron chi connectivity index (χ3n) is 6.12. The second kappa shape index (κ2) is 4.54. The van der Waals surface area contributed by atoms with E-state index in [9.17, 15) is 5.11 Å². The highest BCUT2D eigenvalue weighted by Crippen LogP contribution is 2.73. The molecule has 2 fully saturated rings. The molecule has 1 N–H and O–H groups in total. The Morgan fingerprint density at radius 2 is 2.09 bits per heavy atom. The van der Waals surface area contributed by atoms with E-state index in [1.807, 2.05) is 31.2 Å². The SMILES string of the molecule is COc1ccccc1C(=S)N1N=C(C)[C@@H]2[C@@H]3[C@@H](C[C@]21O)C3(C)C. The third-order valence-corrected chi connectivity index (χ3v) is 6.51. The molecule has 3 aliphatic rings. The fourth-order valence-electron chi connectivity index (χ4n) is 4.85. The average Bonchev–Trinajstić information content (AvgIpc) is 2.83. The first kappa shape index (κ1) is 15.1. The molecule has 122 valence electrons. The Kier molecular flexibility index (Phi) is 2.98. The summed E-state index contributed by atoms with van der Waals surface area (Å²) in [7, 11) is 1.63. The average molecular weight is 330 g/mol. The molecule has 2 aliphatic carbocycles. The fraction of sp³-hybridized carbons (Fsp3) is 0.556. The van der Waals surface area contributed by atoms with Crippen LogP contribution >= 0.6 is 12.2 Å². The Balaban J connectivity index is 1.70. The first-order valence-corrected chi connectivity index (χ1v) is 8.48. The molecule has 23 heavy (non-hydrogen) atoms. The van der Waals surface area contributed by atoms with Crippen LogP contribution in [-0.2, 0) is 0 Å². The predicted molar refractivity (Wildman–Crippen MR) is 93.5 cm³/mol. The van der Waals surface area contributed by atoms with E-state index < -0.39 is 5.72 Å². The molecule has 0 bridgehead atoms. The number of fused-ring (bicyclic) bond motifs is 3. The molecule has 1 aliphatic heterocycles. The van der Waals surface area contributed by atoms with Gasteiger partial charge in [-0.25, -0.2) is 5.01 Å². The van der Waals surface area contributed by atoms with E-state index in [4.69, 9.17) is 17.0 Å². The maximum absolute atomic E-state index is 11.4. The number of hydrazone groups is 1. The highest BCUT2D eigenvalue weighted by Gasteiger charge is 2.75. The molecule has 0 amide bonds. The highest BCUT2D eigenvalue weighted by molar-refractivity contribution is 7.80. The van der Waals surface area contributed by atoms with Gasteiger partial charge < -0.3 is 9.84 Å². The van der Waals surface area contributed by atoms with Crippen molar-refractivity contribution in [2.45, 2.75) is 32.9 Å². The van der Waals surface area contributed by atoms with Gasteiger partial charge in [-0.05, 0) is 36.3 Å². The number of benzene rings is 1. The summed E-state index contributed by atoms with van der Waals surface area (Å²) in [6.07, 6.45) is 0.728. The zero-order valence-corrected chi connectivity index (χ0v) is 14.7. The van der Waals surface area contributed by atoms with Crippen LogP contribution in [-0.4, -0.2) is 33.7 Å². The van der Waals surface area contributed by atoms with Gasteiger partial charge in [0.1, 0.15) is 10.7 Å². The summed E-state index contributed by atoms with van der Waals surface area (Å²) in [4.78, 5) is 0.533. The summed E-state index contributed by atoms with van der Waals surface area (Å²) in [6.45, 7) is 6.59. The number of ether oxygens (including phenoxy) is 1. The highest BCUT2D eigenvalue weighted by atomic mass is 32.1. The van der Waals surface area contributed by atoms with Crippen molar-refractivity contribution in [3.63, 3.8) is 0 Å². The Hall–Kier alpha value is -1.46. The quantitative estimate of drug-likeness (QED) is 0.847. The summed E-state index contributed by atoms with van der Waals surface area (Å²) in [5.74, 6) is 1.84. The van der Waals surface area contributed by atoms with Crippen LogP contribution in [0.25, 0.3) is 0 Å². The number of thiocarbonyl (C=S) groups is 1. The molecule has 0 unspecified atom stereocenters. The van der Waals surface area contributed by atoms with E-state index in [0.717, 1.165) is 17.7 Å². The Labute approximate surface area is 142 Å². The number of rotatable bonds is 2. The van der Waals surface area contributed by atoms with Crippen molar-refractivity contribution in [3.8, 4) is 5.75 Å². The first-order valence-electron chi connectivity index (χ1n) is 8.07. The molecule has 0 aromatic heterocycles. The lowest BCUT2D eigenvalue weighted by atomic mass is 9.84. The summed E-state index contributed by atoms with van der Waals surface area (Å²) < 4.78 is 5.42. The third kappa shape index (κ3) is 1.81. The predicted octanol–water partition coefficient (Wildman–Crippen LogP) is 3.04. The van der Waals surface area contributed by atoms with Crippen molar-refractivity contribution < 1.29 is 9.84 Å². The molecule has 1 aromatic carbocycles. The summed E-state index contributed by atoms with van der Waals surface area (Å²) in [5, 5.41) is 17.7. The first-order chi connectivity index (χ1) is 10.8. The van der Waals surface area contributed by atoms with Crippen LogP contribution in [0.4, 0.5) is 0 Å². The molecule has 0 saturated heterocycles. The van der Waals surface area contributed by atoms with Crippen LogP contribution < -0.4 is 4.74 Å². The number of aliphatic hydroxyl groups is 1. The van der Waals surface area contributed by atoms with Gasteiger partial charge in [0.25, 0.3) is 0 Å². The van der Waals surface area contributed by atoms with Crippen molar-refractivity contribution in [1.29, 1.82) is 0 Å². The van der Waals surface area contributed by atoms with E-state index >= 15 is 0 Å². The lowest BCUT2D eigenvalue weighted by Crippen LogP contribution is -2.50. The van der Waals surface area contributed by atoms with Crippen LogP contribution in [0.2, 0.25) is 0 Å². The van der Waals surface area contributed by atoms with Gasteiger partial charge in [-0.3, -0.25) is 0 Å². The molecular formula is C18H22N2O2S. The minimum Gasteiger partial charge on any atom is -0.496 e. The lowest BCUT2D eigenvalue weighted by molar-refractivity contribution is -0.0843. The lowest BCUT2D eigenvalue weighted by Gasteiger charge is -2.36. The molecule has 5 heteroatoms. The van der Waals surface area contributed by atoms with Gasteiger partial charge in [-0.2, -0.15) is 5.10 Å². The Bertz CT molecular complexity index is 729. The topological polar surface area (TPSA) is 45.1 Å². The van der Waals surface area contributed by atoms with Gasteiger partial charge in [-0.1, -0.05) is 38.2 Å². The smallest absolute Gasteiger partial charge is 0.168 e. The largest absolute Gasteiger partial charge is 0.496 e. The number of methoxy groups -OCH3 is 1. The van der Waals surface area contributed by atoms with Crippen LogP contribution in [0.15, 0.2) is 29.4 Å². The molecule has 1 aromatic rings. The minimum atomic E-state index is -0.979. The van der Waals surface area contributed by atoms with E-state index in [1.165, 1.54) is 0 Å². The number of hydrogen-bond donors (Lipinski definition) is 1. The van der Waals surface area contributed by atoms with Gasteiger partial charge in [0.2, 0.25) is 0 Å². The monoisotopic (exact) mass is 330 g/mol. The van der Waals surface area contributed by atoms with Crippen molar-refractivity contribution in [1.82, 2.24) is 5.01 Å². The summed E-state index contributed by atoms with van der Waals surface area (Å²) in [5.41, 5.74) is 1.11.